The first-order chi connectivity index (χ1) is 14.7. The molecule has 7 nitrogen and oxygen atoms in total. The second-order valence-corrected chi connectivity index (χ2v) is 7.92. The summed E-state index contributed by atoms with van der Waals surface area (Å²) >= 11 is 0. The molecule has 2 aromatic carbocycles. The van der Waals surface area contributed by atoms with E-state index in [0.717, 1.165) is 48.0 Å². The van der Waals surface area contributed by atoms with Gasteiger partial charge in [0, 0.05) is 5.56 Å². The molecule has 1 atom stereocenters. The molecule has 0 amide bonds. The molecule has 0 spiro atoms. The van der Waals surface area contributed by atoms with Crippen LogP contribution >= 0.6 is 0 Å². The van der Waals surface area contributed by atoms with Crippen molar-refractivity contribution < 1.29 is 0 Å². The Morgan fingerprint density at radius 2 is 1.87 bits per heavy atom. The fraction of sp³-hybridized carbons (Fsp3) is 0.304. The Morgan fingerprint density at radius 1 is 1.07 bits per heavy atom. The maximum absolute atomic E-state index is 13.2. The molecule has 0 radical (unpaired) electrons. The zero-order valence-corrected chi connectivity index (χ0v) is 17.0. The van der Waals surface area contributed by atoms with Gasteiger partial charge in [-0.25, -0.2) is 4.68 Å². The lowest BCUT2D eigenvalue weighted by molar-refractivity contribution is 0.263. The number of benzene rings is 2. The first-order valence-electron chi connectivity index (χ1n) is 10.4. The average Bonchev–Trinajstić information content (AvgIpc) is 3.44. The highest BCUT2D eigenvalue weighted by molar-refractivity contribution is 5.82. The maximum Gasteiger partial charge on any atom is 0.253 e. The monoisotopic (exact) mass is 400 g/mol. The molecular formula is C23H24N6O. The van der Waals surface area contributed by atoms with Gasteiger partial charge in [0.25, 0.3) is 5.56 Å². The lowest BCUT2D eigenvalue weighted by Gasteiger charge is -2.26. The molecule has 30 heavy (non-hydrogen) atoms. The predicted molar refractivity (Wildman–Crippen MR) is 115 cm³/mol. The molecule has 4 aromatic rings. The van der Waals surface area contributed by atoms with Crippen molar-refractivity contribution in [1.29, 1.82) is 0 Å². The third-order valence-corrected chi connectivity index (χ3v) is 5.90. The van der Waals surface area contributed by atoms with E-state index in [1.54, 1.807) is 0 Å². The molecule has 1 saturated heterocycles. The van der Waals surface area contributed by atoms with Gasteiger partial charge in [-0.05, 0) is 65.9 Å². The van der Waals surface area contributed by atoms with Crippen LogP contribution in [0.3, 0.4) is 0 Å². The highest BCUT2D eigenvalue weighted by Crippen LogP contribution is 2.30. The number of para-hydroxylation sites is 1. The van der Waals surface area contributed by atoms with Gasteiger partial charge in [-0.3, -0.25) is 9.69 Å². The first-order valence-corrected chi connectivity index (χ1v) is 10.4. The van der Waals surface area contributed by atoms with Gasteiger partial charge in [-0.1, -0.05) is 48.5 Å². The largest absolute Gasteiger partial charge is 0.321 e. The van der Waals surface area contributed by atoms with Crippen LogP contribution < -0.4 is 5.56 Å². The minimum Gasteiger partial charge on any atom is -0.321 e. The van der Waals surface area contributed by atoms with Crippen LogP contribution in [0.1, 0.15) is 41.4 Å². The molecule has 0 saturated carbocycles. The normalized spacial score (nSPS) is 15.6. The van der Waals surface area contributed by atoms with Crippen LogP contribution in [0.5, 0.6) is 0 Å². The fourth-order valence-corrected chi connectivity index (χ4v) is 4.38. The van der Waals surface area contributed by atoms with Crippen LogP contribution in [0, 0.1) is 6.92 Å². The Morgan fingerprint density at radius 3 is 2.67 bits per heavy atom. The van der Waals surface area contributed by atoms with Gasteiger partial charge < -0.3 is 4.98 Å². The molecule has 5 rings (SSSR count). The Labute approximate surface area is 174 Å². The number of nitrogens with zero attached hydrogens (tertiary/aromatic N) is 5. The van der Waals surface area contributed by atoms with E-state index in [-0.39, 0.29) is 11.6 Å². The van der Waals surface area contributed by atoms with E-state index in [1.807, 2.05) is 54.1 Å². The highest BCUT2D eigenvalue weighted by atomic mass is 16.1. The topological polar surface area (TPSA) is 79.7 Å². The number of aryl methyl sites for hydroxylation is 1. The summed E-state index contributed by atoms with van der Waals surface area (Å²) in [5.74, 6) is 0.707. The van der Waals surface area contributed by atoms with Crippen LogP contribution in [-0.4, -0.2) is 43.2 Å². The van der Waals surface area contributed by atoms with E-state index < -0.39 is 0 Å². The van der Waals surface area contributed by atoms with Gasteiger partial charge in [-0.2, -0.15) is 0 Å². The number of H-pyrrole nitrogens is 1. The number of nitrogens with one attached hydrogen (secondary N) is 1. The number of hydrogen-bond acceptors (Lipinski definition) is 5. The summed E-state index contributed by atoms with van der Waals surface area (Å²) in [7, 11) is 0. The molecule has 7 heteroatoms. The molecule has 1 fully saturated rings. The highest BCUT2D eigenvalue weighted by Gasteiger charge is 2.32. The Balaban J connectivity index is 1.63. The maximum atomic E-state index is 13.2. The zero-order valence-electron chi connectivity index (χ0n) is 17.0. The quantitative estimate of drug-likeness (QED) is 0.557. The van der Waals surface area contributed by atoms with Crippen LogP contribution in [-0.2, 0) is 6.54 Å². The van der Waals surface area contributed by atoms with E-state index in [0.29, 0.717) is 17.9 Å². The Kier molecular flexibility index (Phi) is 4.88. The lowest BCUT2D eigenvalue weighted by Crippen LogP contribution is -2.33. The van der Waals surface area contributed by atoms with Crippen LogP contribution in [0.4, 0.5) is 0 Å². The minimum atomic E-state index is -0.278. The number of hydrogen-bond donors (Lipinski definition) is 1. The van der Waals surface area contributed by atoms with E-state index in [1.165, 1.54) is 0 Å². The molecule has 0 bridgehead atoms. The number of fused-ring (bicyclic) bond motifs is 1. The van der Waals surface area contributed by atoms with Gasteiger partial charge in [0.05, 0.1) is 12.1 Å². The molecule has 152 valence electrons. The van der Waals surface area contributed by atoms with Crippen molar-refractivity contribution in [3.05, 3.63) is 87.5 Å². The molecule has 1 N–H and O–H groups in total. The fourth-order valence-electron chi connectivity index (χ4n) is 4.38. The van der Waals surface area contributed by atoms with E-state index in [2.05, 4.69) is 37.5 Å². The van der Waals surface area contributed by atoms with Gasteiger partial charge in [0.2, 0.25) is 0 Å². The van der Waals surface area contributed by atoms with Crippen molar-refractivity contribution in [3.63, 3.8) is 0 Å². The number of pyridine rings is 1. The van der Waals surface area contributed by atoms with E-state index in [4.69, 9.17) is 0 Å². The zero-order chi connectivity index (χ0) is 20.5. The van der Waals surface area contributed by atoms with Gasteiger partial charge >= 0.3 is 0 Å². The molecular weight excluding hydrogens is 376 g/mol. The molecule has 2 aromatic heterocycles. The first kappa shape index (κ1) is 18.7. The van der Waals surface area contributed by atoms with E-state index >= 15 is 0 Å². The number of rotatable bonds is 5. The van der Waals surface area contributed by atoms with Crippen LogP contribution in [0.2, 0.25) is 0 Å². The molecule has 1 aliphatic rings. The number of aromatic amines is 1. The summed E-state index contributed by atoms with van der Waals surface area (Å²) < 4.78 is 1.82. The van der Waals surface area contributed by atoms with Crippen LogP contribution in [0.15, 0.2) is 59.4 Å². The summed E-state index contributed by atoms with van der Waals surface area (Å²) in [4.78, 5) is 18.6. The van der Waals surface area contributed by atoms with Crippen molar-refractivity contribution in [2.45, 2.75) is 32.4 Å². The summed E-state index contributed by atoms with van der Waals surface area (Å²) in [6, 6.07) is 17.9. The SMILES string of the molecule is Cc1cccc2cc([C@H](c3nnnn3Cc3ccccc3)N3CCCC3)c(=O)[nH]c12. The molecule has 0 aliphatic carbocycles. The summed E-state index contributed by atoms with van der Waals surface area (Å²) in [5, 5.41) is 13.6. The third-order valence-electron chi connectivity index (χ3n) is 5.90. The van der Waals surface area contributed by atoms with Crippen molar-refractivity contribution in [2.24, 2.45) is 0 Å². The number of tetrazole rings is 1. The van der Waals surface area contributed by atoms with Crippen LogP contribution in [0.25, 0.3) is 10.9 Å². The summed E-state index contributed by atoms with van der Waals surface area (Å²) in [5.41, 5.74) is 3.68. The van der Waals surface area contributed by atoms with Gasteiger partial charge in [0.15, 0.2) is 5.82 Å². The van der Waals surface area contributed by atoms with Crippen molar-refractivity contribution >= 4 is 10.9 Å². The predicted octanol–water partition coefficient (Wildman–Crippen LogP) is 3.06. The average molecular weight is 400 g/mol. The smallest absolute Gasteiger partial charge is 0.253 e. The van der Waals surface area contributed by atoms with Crippen molar-refractivity contribution in [3.8, 4) is 0 Å². The second-order valence-electron chi connectivity index (χ2n) is 7.92. The number of aromatic nitrogens is 5. The Hall–Kier alpha value is -3.32. The standard InChI is InChI=1S/C23H24N6O/c1-16-8-7-11-18-14-19(23(30)24-20(16)18)21(28-12-5-6-13-28)22-25-26-27-29(22)15-17-9-3-2-4-10-17/h2-4,7-11,14,21H,5-6,12-13,15H2,1H3,(H,24,30)/t21-/m1/s1. The van der Waals surface area contributed by atoms with Gasteiger partial charge in [0.1, 0.15) is 6.04 Å². The van der Waals surface area contributed by atoms with Gasteiger partial charge in [-0.15, -0.1) is 5.10 Å². The summed E-state index contributed by atoms with van der Waals surface area (Å²) in [6.45, 7) is 4.43. The molecule has 1 aliphatic heterocycles. The Bertz CT molecular complexity index is 1220. The number of likely N-dealkylation sites (tertiary alicyclic amines) is 1. The van der Waals surface area contributed by atoms with E-state index in [9.17, 15) is 4.79 Å². The summed E-state index contributed by atoms with van der Waals surface area (Å²) in [6.07, 6.45) is 2.22. The van der Waals surface area contributed by atoms with Crippen molar-refractivity contribution in [2.75, 3.05) is 13.1 Å². The molecule has 3 heterocycles. The van der Waals surface area contributed by atoms with Crippen molar-refractivity contribution in [1.82, 2.24) is 30.1 Å². The molecule has 0 unspecified atom stereocenters. The second kappa shape index (κ2) is 7.84. The lowest BCUT2D eigenvalue weighted by atomic mass is 10.0. The minimum absolute atomic E-state index is 0.0806. The third kappa shape index (κ3) is 3.41.